The van der Waals surface area contributed by atoms with Gasteiger partial charge < -0.3 is 0 Å². The molecule has 0 spiro atoms. The third-order valence-electron chi connectivity index (χ3n) is 2.79. The molecule has 19 heavy (non-hydrogen) atoms. The van der Waals surface area contributed by atoms with E-state index in [2.05, 4.69) is 15.4 Å². The standard InChI is InChI=1S/C13H14ClFN4/c1-8-6-18-13(7-17-8)12(19-16)5-9-4-10(14)2-3-11(9)15/h2-4,6-7,12,19H,5,16H2,1H3. The third-order valence-corrected chi connectivity index (χ3v) is 3.03. The topological polar surface area (TPSA) is 63.8 Å². The first-order valence-corrected chi connectivity index (χ1v) is 6.16. The van der Waals surface area contributed by atoms with Crippen LogP contribution in [0.4, 0.5) is 4.39 Å². The van der Waals surface area contributed by atoms with E-state index in [9.17, 15) is 4.39 Å². The fourth-order valence-corrected chi connectivity index (χ4v) is 1.95. The first kappa shape index (κ1) is 13.9. The van der Waals surface area contributed by atoms with Gasteiger partial charge in [-0.2, -0.15) is 0 Å². The molecule has 0 saturated heterocycles. The normalized spacial score (nSPS) is 12.4. The van der Waals surface area contributed by atoms with E-state index in [1.165, 1.54) is 12.1 Å². The molecule has 0 amide bonds. The molecule has 2 rings (SSSR count). The summed E-state index contributed by atoms with van der Waals surface area (Å²) in [5, 5.41) is 0.488. The highest BCUT2D eigenvalue weighted by molar-refractivity contribution is 6.30. The predicted octanol–water partition coefficient (Wildman–Crippen LogP) is 2.32. The maximum Gasteiger partial charge on any atom is 0.126 e. The summed E-state index contributed by atoms with van der Waals surface area (Å²) >= 11 is 5.86. The maximum atomic E-state index is 13.7. The van der Waals surface area contributed by atoms with Gasteiger partial charge in [0.15, 0.2) is 0 Å². The van der Waals surface area contributed by atoms with Gasteiger partial charge in [0, 0.05) is 11.2 Å². The highest BCUT2D eigenvalue weighted by Crippen LogP contribution is 2.21. The number of nitrogens with one attached hydrogen (secondary N) is 1. The summed E-state index contributed by atoms with van der Waals surface area (Å²) in [5.41, 5.74) is 4.58. The van der Waals surface area contributed by atoms with Crippen LogP contribution < -0.4 is 11.3 Å². The zero-order valence-corrected chi connectivity index (χ0v) is 11.2. The van der Waals surface area contributed by atoms with Crippen LogP contribution in [0.2, 0.25) is 5.02 Å². The van der Waals surface area contributed by atoms with Crippen molar-refractivity contribution >= 4 is 11.6 Å². The minimum Gasteiger partial charge on any atom is -0.271 e. The van der Waals surface area contributed by atoms with Crippen LogP contribution in [-0.2, 0) is 6.42 Å². The fraction of sp³-hybridized carbons (Fsp3) is 0.231. The maximum absolute atomic E-state index is 13.7. The SMILES string of the molecule is Cc1cnc(C(Cc2cc(Cl)ccc2F)NN)cn1. The molecule has 3 N–H and O–H groups in total. The first-order chi connectivity index (χ1) is 9.10. The number of nitrogens with zero attached hydrogens (tertiary/aromatic N) is 2. The summed E-state index contributed by atoms with van der Waals surface area (Å²) < 4.78 is 13.7. The summed E-state index contributed by atoms with van der Waals surface area (Å²) in [4.78, 5) is 8.39. The Labute approximate surface area is 115 Å². The van der Waals surface area contributed by atoms with Crippen molar-refractivity contribution in [3.63, 3.8) is 0 Å². The van der Waals surface area contributed by atoms with Crippen LogP contribution in [-0.4, -0.2) is 9.97 Å². The monoisotopic (exact) mass is 280 g/mol. The Morgan fingerprint density at radius 1 is 1.37 bits per heavy atom. The fourth-order valence-electron chi connectivity index (χ4n) is 1.75. The van der Waals surface area contributed by atoms with Crippen LogP contribution in [0.25, 0.3) is 0 Å². The minimum atomic E-state index is -0.318. The van der Waals surface area contributed by atoms with E-state index < -0.39 is 0 Å². The Hall–Kier alpha value is -1.56. The molecule has 0 aliphatic heterocycles. The van der Waals surface area contributed by atoms with Crippen molar-refractivity contribution in [2.75, 3.05) is 0 Å². The average Bonchev–Trinajstić information content (AvgIpc) is 2.41. The molecular weight excluding hydrogens is 267 g/mol. The minimum absolute atomic E-state index is 0.315. The molecule has 0 saturated carbocycles. The van der Waals surface area contributed by atoms with Gasteiger partial charge in [0.2, 0.25) is 0 Å². The first-order valence-electron chi connectivity index (χ1n) is 5.78. The number of aryl methyl sites for hydroxylation is 1. The molecule has 1 heterocycles. The second-order valence-electron chi connectivity index (χ2n) is 4.24. The second-order valence-corrected chi connectivity index (χ2v) is 4.68. The van der Waals surface area contributed by atoms with Crippen LogP contribution in [0.1, 0.15) is 23.0 Å². The second kappa shape index (κ2) is 6.06. The lowest BCUT2D eigenvalue weighted by atomic mass is 10.0. The molecule has 0 radical (unpaired) electrons. The van der Waals surface area contributed by atoms with E-state index in [1.807, 2.05) is 6.92 Å². The van der Waals surface area contributed by atoms with Gasteiger partial charge in [-0.1, -0.05) is 11.6 Å². The highest BCUT2D eigenvalue weighted by Gasteiger charge is 2.15. The van der Waals surface area contributed by atoms with Crippen LogP contribution in [0.5, 0.6) is 0 Å². The molecule has 6 heteroatoms. The average molecular weight is 281 g/mol. The smallest absolute Gasteiger partial charge is 0.126 e. The van der Waals surface area contributed by atoms with Gasteiger partial charge in [0.05, 0.1) is 23.6 Å². The van der Waals surface area contributed by atoms with Crippen molar-refractivity contribution in [1.82, 2.24) is 15.4 Å². The number of aromatic nitrogens is 2. The Morgan fingerprint density at radius 2 is 2.16 bits per heavy atom. The van der Waals surface area contributed by atoms with Gasteiger partial charge in [-0.3, -0.25) is 21.2 Å². The molecule has 2 aromatic rings. The Bertz CT molecular complexity index is 559. The van der Waals surface area contributed by atoms with Crippen molar-refractivity contribution in [3.05, 3.63) is 58.4 Å². The van der Waals surface area contributed by atoms with E-state index in [1.54, 1.807) is 18.5 Å². The predicted molar refractivity (Wildman–Crippen MR) is 71.9 cm³/mol. The van der Waals surface area contributed by atoms with Crippen molar-refractivity contribution in [2.45, 2.75) is 19.4 Å². The van der Waals surface area contributed by atoms with Gasteiger partial charge in [-0.25, -0.2) is 4.39 Å². The van der Waals surface area contributed by atoms with Crippen molar-refractivity contribution < 1.29 is 4.39 Å². The number of benzene rings is 1. The van der Waals surface area contributed by atoms with Crippen molar-refractivity contribution in [1.29, 1.82) is 0 Å². The van der Waals surface area contributed by atoms with E-state index in [0.717, 1.165) is 5.69 Å². The lowest BCUT2D eigenvalue weighted by Crippen LogP contribution is -2.30. The van der Waals surface area contributed by atoms with Crippen molar-refractivity contribution in [3.8, 4) is 0 Å². The van der Waals surface area contributed by atoms with Crippen molar-refractivity contribution in [2.24, 2.45) is 5.84 Å². The van der Waals surface area contributed by atoms with E-state index in [-0.39, 0.29) is 11.9 Å². The number of halogens is 2. The summed E-state index contributed by atoms with van der Waals surface area (Å²) in [6.07, 6.45) is 3.62. The lowest BCUT2D eigenvalue weighted by Gasteiger charge is -2.15. The number of rotatable bonds is 4. The quantitative estimate of drug-likeness (QED) is 0.666. The van der Waals surface area contributed by atoms with Crippen LogP contribution >= 0.6 is 11.6 Å². The molecule has 1 unspecified atom stereocenters. The number of nitrogens with two attached hydrogens (primary N) is 1. The van der Waals surface area contributed by atoms with Gasteiger partial charge in [0.1, 0.15) is 5.82 Å². The Balaban J connectivity index is 2.23. The molecule has 0 bridgehead atoms. The summed E-state index contributed by atoms with van der Waals surface area (Å²) in [6.45, 7) is 1.85. The largest absolute Gasteiger partial charge is 0.271 e. The third kappa shape index (κ3) is 3.47. The van der Waals surface area contributed by atoms with Gasteiger partial charge in [-0.15, -0.1) is 0 Å². The number of hydrogen-bond donors (Lipinski definition) is 2. The van der Waals surface area contributed by atoms with Gasteiger partial charge >= 0.3 is 0 Å². The molecular formula is C13H14ClFN4. The van der Waals surface area contributed by atoms with E-state index in [0.29, 0.717) is 22.7 Å². The van der Waals surface area contributed by atoms with Crippen LogP contribution in [0, 0.1) is 12.7 Å². The van der Waals surface area contributed by atoms with Crippen LogP contribution in [0.15, 0.2) is 30.6 Å². The number of hydrazine groups is 1. The molecule has 0 aliphatic carbocycles. The van der Waals surface area contributed by atoms with E-state index >= 15 is 0 Å². The van der Waals surface area contributed by atoms with Gasteiger partial charge in [0.25, 0.3) is 0 Å². The zero-order chi connectivity index (χ0) is 13.8. The zero-order valence-electron chi connectivity index (χ0n) is 10.4. The molecule has 4 nitrogen and oxygen atoms in total. The van der Waals surface area contributed by atoms with E-state index in [4.69, 9.17) is 17.4 Å². The highest BCUT2D eigenvalue weighted by atomic mass is 35.5. The van der Waals surface area contributed by atoms with Crippen LogP contribution in [0.3, 0.4) is 0 Å². The summed E-state index contributed by atoms with van der Waals surface area (Å²) in [5.74, 6) is 5.19. The molecule has 1 aromatic heterocycles. The molecule has 100 valence electrons. The lowest BCUT2D eigenvalue weighted by molar-refractivity contribution is 0.517. The molecule has 0 aliphatic rings. The summed E-state index contributed by atoms with van der Waals surface area (Å²) in [7, 11) is 0. The van der Waals surface area contributed by atoms with Gasteiger partial charge in [-0.05, 0) is 37.1 Å². The molecule has 0 fully saturated rings. The Morgan fingerprint density at radius 3 is 2.79 bits per heavy atom. The summed E-state index contributed by atoms with van der Waals surface area (Å²) in [6, 6.07) is 4.12. The molecule has 1 atom stereocenters. The Kier molecular flexibility index (Phi) is 4.42. The molecule has 1 aromatic carbocycles. The number of hydrogen-bond acceptors (Lipinski definition) is 4.